The van der Waals surface area contributed by atoms with Crippen LogP contribution in [0.25, 0.3) is 0 Å². The van der Waals surface area contributed by atoms with Crippen molar-refractivity contribution in [3.63, 3.8) is 0 Å². The fourth-order valence-electron chi connectivity index (χ4n) is 3.61. The number of nitrogens with one attached hydrogen (secondary N) is 3. The van der Waals surface area contributed by atoms with Crippen LogP contribution in [0.3, 0.4) is 0 Å². The minimum absolute atomic E-state index is 0.0882. The van der Waals surface area contributed by atoms with E-state index in [2.05, 4.69) is 24.0 Å². The number of piperazine rings is 1. The Morgan fingerprint density at radius 1 is 1.10 bits per heavy atom. The molecule has 1 aliphatic heterocycles. The molecule has 154 valence electrons. The normalized spacial score (nSPS) is 18.8. The highest BCUT2D eigenvalue weighted by molar-refractivity contribution is 7.99. The largest absolute Gasteiger partial charge is 0.497 e. The van der Waals surface area contributed by atoms with Gasteiger partial charge in [0.25, 0.3) is 5.91 Å². The number of anilines is 1. The Bertz CT molecular complexity index is 802. The topological polar surface area (TPSA) is 47.2 Å². The molecule has 0 aromatic heterocycles. The summed E-state index contributed by atoms with van der Waals surface area (Å²) in [5.74, 6) is 1.82. The summed E-state index contributed by atoms with van der Waals surface area (Å²) in [5.41, 5.74) is 2.23. The highest BCUT2D eigenvalue weighted by Gasteiger charge is 2.25. The molecule has 0 saturated carbocycles. The summed E-state index contributed by atoms with van der Waals surface area (Å²) in [4.78, 5) is 16.6. The first-order chi connectivity index (χ1) is 14.2. The zero-order valence-electron chi connectivity index (χ0n) is 17.1. The Kier molecular flexibility index (Phi) is 8.16. The van der Waals surface area contributed by atoms with E-state index in [0.29, 0.717) is 6.54 Å². The van der Waals surface area contributed by atoms with Crippen LogP contribution in [0.4, 0.5) is 5.69 Å². The Hall–Kier alpha value is -2.28. The number of carbonyl (C=O) groups excluding carboxylic acids is 1. The minimum Gasteiger partial charge on any atom is -0.497 e. The zero-order valence-corrected chi connectivity index (χ0v) is 17.9. The van der Waals surface area contributed by atoms with Gasteiger partial charge in [-0.2, -0.15) is 0 Å². The average molecular weight is 414 g/mol. The van der Waals surface area contributed by atoms with E-state index < -0.39 is 0 Å². The molecule has 1 amide bonds. The van der Waals surface area contributed by atoms with Gasteiger partial charge in [-0.3, -0.25) is 4.79 Å². The molecule has 2 aromatic rings. The molecule has 0 aliphatic carbocycles. The maximum Gasteiger partial charge on any atom is 0.279 e. The number of hydrogen-bond donors (Lipinski definition) is 3. The predicted molar refractivity (Wildman–Crippen MR) is 119 cm³/mol. The molecule has 1 fully saturated rings. The van der Waals surface area contributed by atoms with Gasteiger partial charge in [-0.05, 0) is 36.4 Å². The van der Waals surface area contributed by atoms with E-state index in [1.165, 1.54) is 10.5 Å². The fraction of sp³-hybridized carbons (Fsp3) is 0.348. The number of ether oxygens (including phenoxy) is 1. The number of thioether (sulfide) groups is 1. The van der Waals surface area contributed by atoms with Crippen LogP contribution in [-0.4, -0.2) is 51.5 Å². The molecule has 1 saturated heterocycles. The zero-order chi connectivity index (χ0) is 20.5. The number of rotatable bonds is 9. The lowest BCUT2D eigenvalue weighted by Gasteiger charge is -2.29. The van der Waals surface area contributed by atoms with E-state index in [1.54, 1.807) is 23.8 Å². The molecule has 0 radical (unpaired) electrons. The first kappa shape index (κ1) is 21.4. The van der Waals surface area contributed by atoms with Crippen molar-refractivity contribution >= 4 is 23.4 Å². The van der Waals surface area contributed by atoms with E-state index in [9.17, 15) is 4.79 Å². The number of para-hydroxylation sites is 1. The summed E-state index contributed by atoms with van der Waals surface area (Å²) >= 11 is 1.69. The first-order valence-electron chi connectivity index (χ1n) is 10.1. The highest BCUT2D eigenvalue weighted by atomic mass is 32.2. The summed E-state index contributed by atoms with van der Waals surface area (Å²) in [7, 11) is 1.69. The monoisotopic (exact) mass is 413 g/mol. The summed E-state index contributed by atoms with van der Waals surface area (Å²) in [6, 6.07) is 16.3. The number of hydrogen-bond acceptors (Lipinski definition) is 3. The third-order valence-corrected chi connectivity index (χ3v) is 6.28. The third-order valence-electron chi connectivity index (χ3n) is 5.21. The minimum atomic E-state index is 0.0882. The third kappa shape index (κ3) is 6.63. The van der Waals surface area contributed by atoms with Crippen molar-refractivity contribution in [2.24, 2.45) is 0 Å². The van der Waals surface area contributed by atoms with Crippen molar-refractivity contribution in [3.8, 4) is 5.75 Å². The number of benzene rings is 2. The molecule has 3 N–H and O–H groups in total. The molecule has 1 aliphatic rings. The second-order valence-corrected chi connectivity index (χ2v) is 8.41. The maximum atomic E-state index is 12.6. The van der Waals surface area contributed by atoms with Crippen molar-refractivity contribution < 1.29 is 19.3 Å². The van der Waals surface area contributed by atoms with Gasteiger partial charge in [0.05, 0.1) is 12.8 Å². The van der Waals surface area contributed by atoms with E-state index in [1.807, 2.05) is 42.5 Å². The molecule has 2 aromatic carbocycles. The molecule has 0 atom stereocenters. The van der Waals surface area contributed by atoms with E-state index in [0.717, 1.165) is 54.8 Å². The molecular weight excluding hydrogens is 382 g/mol. The molecular formula is C23H31N3O2S+2. The maximum absolute atomic E-state index is 12.6. The van der Waals surface area contributed by atoms with Gasteiger partial charge < -0.3 is 19.9 Å². The molecule has 0 bridgehead atoms. The summed E-state index contributed by atoms with van der Waals surface area (Å²) in [6.07, 6.45) is 1.88. The molecule has 0 spiro atoms. The van der Waals surface area contributed by atoms with Gasteiger partial charge in [0.15, 0.2) is 6.54 Å². The summed E-state index contributed by atoms with van der Waals surface area (Å²) in [5, 5.41) is 3.10. The van der Waals surface area contributed by atoms with E-state index >= 15 is 0 Å². The summed E-state index contributed by atoms with van der Waals surface area (Å²) < 4.78 is 5.23. The van der Waals surface area contributed by atoms with Gasteiger partial charge in [-0.1, -0.05) is 18.2 Å². The van der Waals surface area contributed by atoms with Crippen LogP contribution < -0.4 is 19.9 Å². The van der Waals surface area contributed by atoms with Crippen LogP contribution in [0.5, 0.6) is 5.75 Å². The molecule has 0 unspecified atom stereocenters. The smallest absolute Gasteiger partial charge is 0.279 e. The van der Waals surface area contributed by atoms with Crippen molar-refractivity contribution in [2.45, 2.75) is 11.4 Å². The lowest BCUT2D eigenvalue weighted by Crippen LogP contribution is -3.28. The van der Waals surface area contributed by atoms with Gasteiger partial charge in [0, 0.05) is 16.2 Å². The molecule has 5 nitrogen and oxygen atoms in total. The number of amides is 1. The van der Waals surface area contributed by atoms with Crippen LogP contribution in [0.1, 0.15) is 5.56 Å². The second kappa shape index (κ2) is 11.0. The second-order valence-electron chi connectivity index (χ2n) is 7.35. The molecule has 3 rings (SSSR count). The highest BCUT2D eigenvalue weighted by Crippen LogP contribution is 2.26. The Labute approximate surface area is 177 Å². The number of quaternary nitrogens is 2. The molecule has 1 heterocycles. The van der Waals surface area contributed by atoms with Crippen molar-refractivity contribution in [1.82, 2.24) is 0 Å². The molecule has 6 heteroatoms. The van der Waals surface area contributed by atoms with Crippen LogP contribution in [0.15, 0.2) is 66.1 Å². The van der Waals surface area contributed by atoms with Crippen LogP contribution >= 0.6 is 11.8 Å². The Morgan fingerprint density at radius 2 is 1.79 bits per heavy atom. The van der Waals surface area contributed by atoms with Crippen LogP contribution in [0.2, 0.25) is 0 Å². The van der Waals surface area contributed by atoms with Gasteiger partial charge in [-0.15, -0.1) is 18.3 Å². The van der Waals surface area contributed by atoms with Crippen molar-refractivity contribution in [1.29, 1.82) is 0 Å². The van der Waals surface area contributed by atoms with Crippen LogP contribution in [0, 0.1) is 0 Å². The predicted octanol–water partition coefficient (Wildman–Crippen LogP) is 0.895. The SMILES string of the molecule is C=CCSc1ccccc1NC(=O)C[NH+]1CC[NH+](Cc2ccc(OC)cc2)CC1. The Balaban J connectivity index is 1.44. The Morgan fingerprint density at radius 3 is 2.48 bits per heavy atom. The lowest BCUT2D eigenvalue weighted by molar-refractivity contribution is -1.02. The lowest BCUT2D eigenvalue weighted by atomic mass is 10.2. The quantitative estimate of drug-likeness (QED) is 0.423. The van der Waals surface area contributed by atoms with E-state index in [-0.39, 0.29) is 5.91 Å². The fourth-order valence-corrected chi connectivity index (χ4v) is 4.36. The standard InChI is InChI=1S/C23H29N3O2S/c1-3-16-29-22-7-5-4-6-21(22)24-23(27)18-26-14-12-25(13-15-26)17-19-8-10-20(28-2)11-9-19/h3-11H,1,12-18H2,2H3,(H,24,27)/p+2. The molecule has 29 heavy (non-hydrogen) atoms. The average Bonchev–Trinajstić information content (AvgIpc) is 2.75. The van der Waals surface area contributed by atoms with Gasteiger partial charge in [-0.25, -0.2) is 0 Å². The first-order valence-corrected chi connectivity index (χ1v) is 11.1. The summed E-state index contributed by atoms with van der Waals surface area (Å²) in [6.45, 7) is 9.52. The van der Waals surface area contributed by atoms with Crippen molar-refractivity contribution in [2.75, 3.05) is 50.9 Å². The van der Waals surface area contributed by atoms with Gasteiger partial charge >= 0.3 is 0 Å². The van der Waals surface area contributed by atoms with Crippen LogP contribution in [-0.2, 0) is 11.3 Å². The number of carbonyl (C=O) groups is 1. The van der Waals surface area contributed by atoms with Crippen molar-refractivity contribution in [3.05, 3.63) is 66.7 Å². The number of methoxy groups -OCH3 is 1. The van der Waals surface area contributed by atoms with E-state index in [4.69, 9.17) is 4.74 Å². The van der Waals surface area contributed by atoms with Gasteiger partial charge in [0.2, 0.25) is 0 Å². The van der Waals surface area contributed by atoms with Gasteiger partial charge in [0.1, 0.15) is 38.5 Å².